The maximum Gasteiger partial charge on any atom is 0.304 e. The molecule has 2 N–H and O–H groups in total. The molecule has 1 aliphatic heterocycles. The van der Waals surface area contributed by atoms with E-state index in [0.717, 1.165) is 13.8 Å². The number of carbonyl (C=O) groups excluding carboxylic acids is 4. The number of thiocarbonyl (C=S) groups is 1. The van der Waals surface area contributed by atoms with Gasteiger partial charge in [0.25, 0.3) is 0 Å². The van der Waals surface area contributed by atoms with Crippen LogP contribution in [-0.4, -0.2) is 59.9 Å². The molecule has 1 aromatic rings. The predicted octanol–water partition coefficient (Wildman–Crippen LogP) is -0.136. The molecular weight excluding hydrogens is 444 g/mol. The second kappa shape index (κ2) is 11.0. The Hall–Kier alpha value is -3.12. The molecule has 0 radical (unpaired) electrons. The van der Waals surface area contributed by atoms with Gasteiger partial charge >= 0.3 is 30.1 Å². The Morgan fingerprint density at radius 2 is 1.53 bits per heavy atom. The van der Waals surface area contributed by atoms with Crippen LogP contribution in [-0.2, 0) is 42.9 Å². The summed E-state index contributed by atoms with van der Waals surface area (Å²) in [5.41, 5.74) is 6.21. The highest BCUT2D eigenvalue weighted by atomic mass is 32.1. The van der Waals surface area contributed by atoms with Gasteiger partial charge in [-0.25, -0.2) is 0 Å². The van der Waals surface area contributed by atoms with Crippen LogP contribution >= 0.6 is 12.2 Å². The van der Waals surface area contributed by atoms with E-state index in [9.17, 15) is 19.2 Å². The van der Waals surface area contributed by atoms with E-state index in [0.29, 0.717) is 5.56 Å². The first-order valence-electron chi connectivity index (χ1n) is 9.60. The Balaban J connectivity index is 2.58. The minimum absolute atomic E-state index is 0.116. The molecule has 0 aliphatic carbocycles. The Morgan fingerprint density at radius 1 is 0.969 bits per heavy atom. The van der Waals surface area contributed by atoms with Crippen LogP contribution in [0.2, 0.25) is 0 Å². The summed E-state index contributed by atoms with van der Waals surface area (Å²) in [5, 5.41) is 0. The van der Waals surface area contributed by atoms with Gasteiger partial charge in [0, 0.05) is 33.8 Å². The average Bonchev–Trinajstić information content (AvgIpc) is 2.68. The first kappa shape index (κ1) is 25.1. The monoisotopic (exact) mass is 469 g/mol. The molecule has 11 nitrogen and oxygen atoms in total. The van der Waals surface area contributed by atoms with E-state index >= 15 is 0 Å². The van der Waals surface area contributed by atoms with E-state index in [2.05, 4.69) is 0 Å². The molecule has 5 atom stereocenters. The molecule has 12 heteroatoms. The molecule has 1 aliphatic rings. The number of rotatable bonds is 7. The van der Waals surface area contributed by atoms with Crippen molar-refractivity contribution in [3.05, 3.63) is 30.1 Å². The van der Waals surface area contributed by atoms with Crippen LogP contribution in [0.5, 0.6) is 0 Å². The fourth-order valence-electron chi connectivity index (χ4n) is 3.24. The molecule has 2 rings (SSSR count). The largest absolute Gasteiger partial charge is 0.463 e. The number of carbonyl (C=O) groups is 4. The molecule has 0 bridgehead atoms. The van der Waals surface area contributed by atoms with Crippen LogP contribution in [0.3, 0.4) is 0 Å². The summed E-state index contributed by atoms with van der Waals surface area (Å²) in [6, 6.07) is 3.31. The van der Waals surface area contributed by atoms with Crippen molar-refractivity contribution in [2.24, 2.45) is 5.73 Å². The summed E-state index contributed by atoms with van der Waals surface area (Å²) in [7, 11) is 0. The Morgan fingerprint density at radius 3 is 2.06 bits per heavy atom. The fourth-order valence-corrected chi connectivity index (χ4v) is 3.36. The zero-order valence-electron chi connectivity index (χ0n) is 18.0. The predicted molar refractivity (Wildman–Crippen MR) is 110 cm³/mol. The van der Waals surface area contributed by atoms with E-state index < -0.39 is 54.5 Å². The van der Waals surface area contributed by atoms with Gasteiger partial charge in [-0.2, -0.15) is 4.57 Å². The van der Waals surface area contributed by atoms with Gasteiger partial charge in [0.2, 0.25) is 6.10 Å². The van der Waals surface area contributed by atoms with E-state index in [-0.39, 0.29) is 11.6 Å². The zero-order valence-corrected chi connectivity index (χ0v) is 18.8. The van der Waals surface area contributed by atoms with Crippen molar-refractivity contribution < 1.29 is 47.4 Å². The number of nitrogens with two attached hydrogens (primary N) is 1. The molecule has 0 unspecified atom stereocenters. The van der Waals surface area contributed by atoms with Crippen LogP contribution in [0, 0.1) is 0 Å². The summed E-state index contributed by atoms with van der Waals surface area (Å²) in [6.45, 7) is 4.36. The molecule has 1 saturated heterocycles. The highest BCUT2D eigenvalue weighted by molar-refractivity contribution is 7.80. The van der Waals surface area contributed by atoms with Crippen molar-refractivity contribution in [2.45, 2.75) is 58.3 Å². The van der Waals surface area contributed by atoms with Crippen LogP contribution in [0.4, 0.5) is 0 Å². The van der Waals surface area contributed by atoms with Crippen molar-refractivity contribution in [3.63, 3.8) is 0 Å². The molecule has 1 aromatic heterocycles. The highest BCUT2D eigenvalue weighted by Crippen LogP contribution is 2.32. The van der Waals surface area contributed by atoms with E-state index in [1.165, 1.54) is 18.4 Å². The number of ether oxygens (including phenoxy) is 5. The molecule has 2 heterocycles. The van der Waals surface area contributed by atoms with Gasteiger partial charge in [0.1, 0.15) is 17.7 Å². The summed E-state index contributed by atoms with van der Waals surface area (Å²) < 4.78 is 28.8. The lowest BCUT2D eigenvalue weighted by Gasteiger charge is -2.41. The summed E-state index contributed by atoms with van der Waals surface area (Å²) in [6.07, 6.45) is -2.67. The summed E-state index contributed by atoms with van der Waals surface area (Å²) in [5.74, 6) is -2.70. The van der Waals surface area contributed by atoms with Crippen molar-refractivity contribution >= 4 is 41.1 Å². The summed E-state index contributed by atoms with van der Waals surface area (Å²) in [4.78, 5) is 47.0. The van der Waals surface area contributed by atoms with Crippen molar-refractivity contribution in [3.8, 4) is 0 Å². The number of aromatic nitrogens is 1. The van der Waals surface area contributed by atoms with Gasteiger partial charge in [-0.15, -0.1) is 0 Å². The minimum atomic E-state index is -1.26. The third-order valence-corrected chi connectivity index (χ3v) is 4.60. The highest BCUT2D eigenvalue weighted by Gasteiger charge is 2.56. The molecule has 0 spiro atoms. The average molecular weight is 469 g/mol. The van der Waals surface area contributed by atoms with E-state index in [1.54, 1.807) is 24.5 Å². The lowest BCUT2D eigenvalue weighted by Crippen LogP contribution is -2.65. The smallest absolute Gasteiger partial charge is 0.304 e. The van der Waals surface area contributed by atoms with Crippen LogP contribution in [0.15, 0.2) is 24.5 Å². The van der Waals surface area contributed by atoms with Crippen LogP contribution < -0.4 is 10.3 Å². The molecule has 1 fully saturated rings. The second-order valence-corrected chi connectivity index (χ2v) is 7.43. The molecule has 32 heavy (non-hydrogen) atoms. The fraction of sp³-hybridized carbons (Fsp3) is 0.500. The van der Waals surface area contributed by atoms with Crippen molar-refractivity contribution in [1.29, 1.82) is 0 Å². The van der Waals surface area contributed by atoms with Crippen molar-refractivity contribution in [2.75, 3.05) is 6.61 Å². The van der Waals surface area contributed by atoms with Gasteiger partial charge in [-0.1, -0.05) is 12.2 Å². The number of pyridine rings is 1. The number of nitrogens with zero attached hydrogens (tertiary/aromatic N) is 1. The molecule has 0 aromatic carbocycles. The maximum atomic E-state index is 11.9. The van der Waals surface area contributed by atoms with E-state index in [1.807, 2.05) is 0 Å². The first-order chi connectivity index (χ1) is 15.0. The SMILES string of the molecule is CC(=O)OC[C@@H]1O[C@@H]([n+]2cccc(C(N)=S)c2)[C@@H](OC(C)=O)[C@@H](OC(C)=O)[C@H]1OC(C)=O. The number of hydrogen-bond donors (Lipinski definition) is 1. The third-order valence-electron chi connectivity index (χ3n) is 4.37. The van der Waals surface area contributed by atoms with Gasteiger partial charge in [-0.3, -0.25) is 19.2 Å². The van der Waals surface area contributed by atoms with Gasteiger partial charge < -0.3 is 29.4 Å². The molecular formula is C20H25N2O9S+. The number of hydrogen-bond acceptors (Lipinski definition) is 10. The Labute approximate surface area is 189 Å². The zero-order chi connectivity index (χ0) is 24.0. The lowest BCUT2D eigenvalue weighted by molar-refractivity contribution is -0.777. The normalized spacial score (nSPS) is 24.7. The summed E-state index contributed by atoms with van der Waals surface area (Å²) >= 11 is 5.02. The topological polar surface area (TPSA) is 144 Å². The first-order valence-corrected chi connectivity index (χ1v) is 10.0. The van der Waals surface area contributed by atoms with Crippen LogP contribution in [0.1, 0.15) is 39.5 Å². The van der Waals surface area contributed by atoms with E-state index in [4.69, 9.17) is 41.6 Å². The lowest BCUT2D eigenvalue weighted by atomic mass is 9.97. The van der Waals surface area contributed by atoms with Gasteiger partial charge in [0.15, 0.2) is 24.6 Å². The molecule has 0 amide bonds. The molecule has 174 valence electrons. The Bertz CT molecular complexity index is 907. The van der Waals surface area contributed by atoms with Gasteiger partial charge in [-0.05, 0) is 6.07 Å². The van der Waals surface area contributed by atoms with Gasteiger partial charge in [0.05, 0.1) is 5.56 Å². The third kappa shape index (κ3) is 6.69. The minimum Gasteiger partial charge on any atom is -0.463 e. The molecule has 0 saturated carbocycles. The quantitative estimate of drug-likeness (QED) is 0.247. The number of esters is 4. The van der Waals surface area contributed by atoms with Crippen molar-refractivity contribution in [1.82, 2.24) is 0 Å². The Kier molecular flexibility index (Phi) is 8.61. The second-order valence-electron chi connectivity index (χ2n) is 6.99. The standard InChI is InChI=1S/C20H24N2O9S/c1-10(23)27-9-15-16(28-11(2)24)17(29-12(3)25)18(30-13(4)26)20(31-15)22-7-5-6-14(8-22)19(21)32/h5-8,15-18,20H,9H2,1-4H3,(H-,21,32)/p+1/t15-,16-,17-,18-,20+/m0/s1. The maximum absolute atomic E-state index is 11.9. The van der Waals surface area contributed by atoms with Crippen LogP contribution in [0.25, 0.3) is 0 Å².